The summed E-state index contributed by atoms with van der Waals surface area (Å²) in [4.78, 5) is 14.4. The van der Waals surface area contributed by atoms with E-state index in [1.165, 1.54) is 32.1 Å². The molecule has 1 amide bonds. The fourth-order valence-electron chi connectivity index (χ4n) is 2.84. The van der Waals surface area contributed by atoms with Crippen LogP contribution in [0.3, 0.4) is 0 Å². The van der Waals surface area contributed by atoms with E-state index in [9.17, 15) is 4.79 Å². The number of hydrogen-bond donors (Lipinski definition) is 0. The number of nitrogens with zero attached hydrogens (tertiary/aromatic N) is 1. The minimum absolute atomic E-state index is 0.196. The lowest BCUT2D eigenvalue weighted by Gasteiger charge is -2.38. The van der Waals surface area contributed by atoms with Crippen LogP contribution in [-0.4, -0.2) is 22.9 Å². The molecule has 2 atom stereocenters. The molecule has 2 aliphatic rings. The van der Waals surface area contributed by atoms with Gasteiger partial charge in [-0.05, 0) is 32.1 Å². The summed E-state index contributed by atoms with van der Waals surface area (Å²) in [5.41, 5.74) is -0.196. The number of piperidine rings is 1. The van der Waals surface area contributed by atoms with E-state index in [-0.39, 0.29) is 5.41 Å². The Bertz CT molecular complexity index is 225. The predicted molar refractivity (Wildman–Crippen MR) is 57.0 cm³/mol. The van der Waals surface area contributed by atoms with E-state index >= 15 is 0 Å². The maximum Gasteiger partial charge on any atom is 0.228 e. The molecule has 2 bridgehead atoms. The van der Waals surface area contributed by atoms with Crippen molar-refractivity contribution in [2.75, 3.05) is 0 Å². The van der Waals surface area contributed by atoms with Crippen LogP contribution in [0.5, 0.6) is 0 Å². The van der Waals surface area contributed by atoms with Gasteiger partial charge >= 0.3 is 0 Å². The maximum absolute atomic E-state index is 12.2. The highest BCUT2D eigenvalue weighted by molar-refractivity contribution is 5.82. The minimum Gasteiger partial charge on any atom is -0.336 e. The van der Waals surface area contributed by atoms with E-state index < -0.39 is 0 Å². The normalized spacial score (nSPS) is 32.1. The molecule has 2 fully saturated rings. The molecule has 2 nitrogen and oxygen atoms in total. The Labute approximate surface area is 86.7 Å². The lowest BCUT2D eigenvalue weighted by molar-refractivity contribution is -0.144. The van der Waals surface area contributed by atoms with Crippen LogP contribution in [0.1, 0.15) is 52.9 Å². The summed E-state index contributed by atoms with van der Waals surface area (Å²) in [7, 11) is 0. The van der Waals surface area contributed by atoms with Crippen molar-refractivity contribution >= 4 is 5.91 Å². The number of carbonyl (C=O) groups excluding carboxylic acids is 1. The number of hydrogen-bond acceptors (Lipinski definition) is 1. The van der Waals surface area contributed by atoms with E-state index in [1.807, 2.05) is 20.8 Å². The topological polar surface area (TPSA) is 20.3 Å². The van der Waals surface area contributed by atoms with Gasteiger partial charge in [-0.25, -0.2) is 0 Å². The Morgan fingerprint density at radius 3 is 2.00 bits per heavy atom. The highest BCUT2D eigenvalue weighted by Gasteiger charge is 2.42. The molecule has 0 spiro atoms. The molecule has 2 heteroatoms. The summed E-state index contributed by atoms with van der Waals surface area (Å²) < 4.78 is 0. The Morgan fingerprint density at radius 2 is 1.57 bits per heavy atom. The third kappa shape index (κ3) is 1.55. The Kier molecular flexibility index (Phi) is 2.32. The fraction of sp³-hybridized carbons (Fsp3) is 0.917. The standard InChI is InChI=1S/C12H21NO/c1-12(2,3)11(14)13-9-5-4-6-10(13)8-7-9/h9-10H,4-8H2,1-3H3. The molecular weight excluding hydrogens is 174 g/mol. The van der Waals surface area contributed by atoms with E-state index in [0.717, 1.165) is 0 Å². The predicted octanol–water partition coefficient (Wildman–Crippen LogP) is 2.58. The summed E-state index contributed by atoms with van der Waals surface area (Å²) >= 11 is 0. The SMILES string of the molecule is CC(C)(C)C(=O)N1C2CCCC1CC2. The number of amides is 1. The molecule has 2 unspecified atom stereocenters. The van der Waals surface area contributed by atoms with Gasteiger partial charge in [-0.3, -0.25) is 4.79 Å². The minimum atomic E-state index is -0.196. The quantitative estimate of drug-likeness (QED) is 0.582. The number of carbonyl (C=O) groups is 1. The molecule has 2 heterocycles. The smallest absolute Gasteiger partial charge is 0.228 e. The van der Waals surface area contributed by atoms with Crippen molar-refractivity contribution in [3.63, 3.8) is 0 Å². The van der Waals surface area contributed by atoms with Gasteiger partial charge in [-0.1, -0.05) is 20.8 Å². The summed E-state index contributed by atoms with van der Waals surface area (Å²) in [6.45, 7) is 6.09. The molecule has 0 aromatic carbocycles. The van der Waals surface area contributed by atoms with Crippen LogP contribution in [0, 0.1) is 5.41 Å². The molecule has 0 aromatic heterocycles. The Balaban J connectivity index is 2.15. The maximum atomic E-state index is 12.2. The average molecular weight is 195 g/mol. The first-order chi connectivity index (χ1) is 6.50. The second-order valence-corrected chi connectivity index (χ2v) is 5.78. The molecule has 2 saturated heterocycles. The summed E-state index contributed by atoms with van der Waals surface area (Å²) in [6, 6.07) is 1.14. The first-order valence-corrected chi connectivity index (χ1v) is 5.83. The van der Waals surface area contributed by atoms with E-state index in [4.69, 9.17) is 0 Å². The van der Waals surface area contributed by atoms with Gasteiger partial charge < -0.3 is 4.90 Å². The van der Waals surface area contributed by atoms with E-state index in [2.05, 4.69) is 4.90 Å². The molecule has 2 rings (SSSR count). The molecule has 0 aromatic rings. The Morgan fingerprint density at radius 1 is 1.07 bits per heavy atom. The number of fused-ring (bicyclic) bond motifs is 2. The second-order valence-electron chi connectivity index (χ2n) is 5.78. The van der Waals surface area contributed by atoms with E-state index in [0.29, 0.717) is 18.0 Å². The zero-order valence-corrected chi connectivity index (χ0v) is 9.55. The van der Waals surface area contributed by atoms with Crippen LogP contribution >= 0.6 is 0 Å². The summed E-state index contributed by atoms with van der Waals surface area (Å²) in [5, 5.41) is 0. The zero-order valence-electron chi connectivity index (χ0n) is 9.55. The lowest BCUT2D eigenvalue weighted by Crippen LogP contribution is -2.48. The largest absolute Gasteiger partial charge is 0.336 e. The van der Waals surface area contributed by atoms with Crippen LogP contribution in [0.25, 0.3) is 0 Å². The second kappa shape index (κ2) is 3.25. The van der Waals surface area contributed by atoms with Crippen molar-refractivity contribution in [2.45, 2.75) is 65.0 Å². The molecule has 0 radical (unpaired) electrons. The average Bonchev–Trinajstić information content (AvgIpc) is 2.32. The summed E-state index contributed by atoms with van der Waals surface area (Å²) in [6.07, 6.45) is 6.28. The third-order valence-corrected chi connectivity index (χ3v) is 3.57. The first-order valence-electron chi connectivity index (χ1n) is 5.83. The van der Waals surface area contributed by atoms with Crippen molar-refractivity contribution in [1.82, 2.24) is 4.90 Å². The van der Waals surface area contributed by atoms with Gasteiger partial charge in [0.05, 0.1) is 0 Å². The molecule has 14 heavy (non-hydrogen) atoms. The van der Waals surface area contributed by atoms with Gasteiger partial charge in [0.25, 0.3) is 0 Å². The van der Waals surface area contributed by atoms with Gasteiger partial charge in [0.2, 0.25) is 5.91 Å². The zero-order chi connectivity index (χ0) is 10.3. The van der Waals surface area contributed by atoms with Crippen LogP contribution < -0.4 is 0 Å². The highest BCUT2D eigenvalue weighted by atomic mass is 16.2. The molecule has 0 aliphatic carbocycles. The molecule has 0 saturated carbocycles. The van der Waals surface area contributed by atoms with Crippen molar-refractivity contribution in [2.24, 2.45) is 5.41 Å². The van der Waals surface area contributed by atoms with Gasteiger partial charge in [-0.15, -0.1) is 0 Å². The van der Waals surface area contributed by atoms with E-state index in [1.54, 1.807) is 0 Å². The van der Waals surface area contributed by atoms with Crippen LogP contribution in [0.15, 0.2) is 0 Å². The highest BCUT2D eigenvalue weighted by Crippen LogP contribution is 2.38. The monoisotopic (exact) mass is 195 g/mol. The van der Waals surface area contributed by atoms with Crippen LogP contribution in [0.2, 0.25) is 0 Å². The fourth-order valence-corrected chi connectivity index (χ4v) is 2.84. The van der Waals surface area contributed by atoms with Gasteiger partial charge in [0.1, 0.15) is 0 Å². The van der Waals surface area contributed by atoms with Crippen molar-refractivity contribution < 1.29 is 4.79 Å². The molecule has 2 aliphatic heterocycles. The van der Waals surface area contributed by atoms with Crippen molar-refractivity contribution in [3.8, 4) is 0 Å². The van der Waals surface area contributed by atoms with Gasteiger partial charge in [-0.2, -0.15) is 0 Å². The lowest BCUT2D eigenvalue weighted by atomic mass is 9.91. The molecular formula is C12H21NO. The molecule has 0 N–H and O–H groups in total. The van der Waals surface area contributed by atoms with Crippen LogP contribution in [-0.2, 0) is 4.79 Å². The summed E-state index contributed by atoms with van der Waals surface area (Å²) in [5.74, 6) is 0.365. The number of rotatable bonds is 0. The van der Waals surface area contributed by atoms with Gasteiger partial charge in [0, 0.05) is 17.5 Å². The molecule has 80 valence electrons. The van der Waals surface area contributed by atoms with Crippen molar-refractivity contribution in [1.29, 1.82) is 0 Å². The van der Waals surface area contributed by atoms with Crippen LogP contribution in [0.4, 0.5) is 0 Å². The van der Waals surface area contributed by atoms with Crippen molar-refractivity contribution in [3.05, 3.63) is 0 Å². The van der Waals surface area contributed by atoms with Gasteiger partial charge in [0.15, 0.2) is 0 Å². The third-order valence-electron chi connectivity index (χ3n) is 3.57. The Hall–Kier alpha value is -0.530. The first kappa shape index (κ1) is 10.0.